The smallest absolute Gasteiger partial charge is 0.255 e. The van der Waals surface area contributed by atoms with Crippen LogP contribution >= 0.6 is 15.9 Å². The molecule has 0 aliphatic rings. The summed E-state index contributed by atoms with van der Waals surface area (Å²) in [4.78, 5) is 27.6. The second kappa shape index (κ2) is 9.30. The number of carbonyl (C=O) groups excluding carboxylic acids is 2. The maximum atomic E-state index is 12.1. The van der Waals surface area contributed by atoms with E-state index < -0.39 is 0 Å². The Kier molecular flexibility index (Phi) is 7.70. The van der Waals surface area contributed by atoms with Gasteiger partial charge in [-0.15, -0.1) is 0 Å². The standard InChI is InChI=1S/C13H19BrN4O3/c1-15-12-10(7-9(14)8-18-12)13(20)17-4-3-11(19)16-5-6-21-2/h7-8H,3-6H2,1-2H3,(H,15,18)(H,16,19)(H,17,20). The molecule has 2 amide bonds. The number of halogens is 1. The molecule has 0 aromatic carbocycles. The number of nitrogens with one attached hydrogen (secondary N) is 3. The van der Waals surface area contributed by atoms with E-state index in [-0.39, 0.29) is 24.8 Å². The minimum absolute atomic E-state index is 0.131. The summed E-state index contributed by atoms with van der Waals surface area (Å²) in [5.41, 5.74) is 0.423. The molecule has 0 saturated carbocycles. The number of ether oxygens (including phenoxy) is 1. The molecule has 8 heteroatoms. The lowest BCUT2D eigenvalue weighted by Gasteiger charge is -2.09. The maximum absolute atomic E-state index is 12.1. The van der Waals surface area contributed by atoms with Crippen LogP contribution in [0.1, 0.15) is 16.8 Å². The van der Waals surface area contributed by atoms with Gasteiger partial charge in [0.2, 0.25) is 5.91 Å². The van der Waals surface area contributed by atoms with Gasteiger partial charge >= 0.3 is 0 Å². The average molecular weight is 359 g/mol. The number of hydrogen-bond donors (Lipinski definition) is 3. The van der Waals surface area contributed by atoms with Crippen molar-refractivity contribution in [1.82, 2.24) is 15.6 Å². The van der Waals surface area contributed by atoms with Gasteiger partial charge in [-0.3, -0.25) is 9.59 Å². The molecule has 1 rings (SSSR count). The number of amides is 2. The average Bonchev–Trinajstić information content (AvgIpc) is 2.47. The Labute approximate surface area is 132 Å². The summed E-state index contributed by atoms with van der Waals surface area (Å²) >= 11 is 3.27. The molecule has 0 unspecified atom stereocenters. The zero-order chi connectivity index (χ0) is 15.7. The minimum atomic E-state index is -0.280. The summed E-state index contributed by atoms with van der Waals surface area (Å²) in [6, 6.07) is 1.67. The van der Waals surface area contributed by atoms with Crippen molar-refractivity contribution < 1.29 is 14.3 Å². The molecule has 0 aliphatic carbocycles. The molecule has 0 fully saturated rings. The first-order valence-corrected chi connectivity index (χ1v) is 7.25. The van der Waals surface area contributed by atoms with Crippen LogP contribution in [-0.4, -0.2) is 50.7 Å². The number of carbonyl (C=O) groups is 2. The molecule has 1 aromatic rings. The second-order valence-corrected chi connectivity index (χ2v) is 5.06. The number of pyridine rings is 1. The van der Waals surface area contributed by atoms with E-state index in [0.29, 0.717) is 29.0 Å². The van der Waals surface area contributed by atoms with E-state index in [2.05, 4.69) is 36.9 Å². The zero-order valence-electron chi connectivity index (χ0n) is 12.0. The van der Waals surface area contributed by atoms with Gasteiger partial charge in [0.25, 0.3) is 5.91 Å². The Bertz CT molecular complexity index is 496. The molecule has 0 atom stereocenters. The topological polar surface area (TPSA) is 92.4 Å². The van der Waals surface area contributed by atoms with Crippen molar-refractivity contribution in [2.24, 2.45) is 0 Å². The fourth-order valence-corrected chi connectivity index (χ4v) is 1.91. The maximum Gasteiger partial charge on any atom is 0.255 e. The fraction of sp³-hybridized carbons (Fsp3) is 0.462. The molecular formula is C13H19BrN4O3. The summed E-state index contributed by atoms with van der Waals surface area (Å²) in [5, 5.41) is 8.22. The molecule has 1 heterocycles. The number of nitrogens with zero attached hydrogens (tertiary/aromatic N) is 1. The van der Waals surface area contributed by atoms with E-state index >= 15 is 0 Å². The normalized spacial score (nSPS) is 10.0. The van der Waals surface area contributed by atoms with E-state index in [4.69, 9.17) is 4.74 Å². The molecule has 3 N–H and O–H groups in total. The number of methoxy groups -OCH3 is 1. The highest BCUT2D eigenvalue weighted by Gasteiger charge is 2.12. The lowest BCUT2D eigenvalue weighted by Crippen LogP contribution is -2.32. The van der Waals surface area contributed by atoms with Gasteiger partial charge in [0.1, 0.15) is 5.82 Å². The van der Waals surface area contributed by atoms with Crippen LogP contribution < -0.4 is 16.0 Å². The molecular weight excluding hydrogens is 340 g/mol. The van der Waals surface area contributed by atoms with Crippen LogP contribution in [0, 0.1) is 0 Å². The molecule has 0 spiro atoms. The summed E-state index contributed by atoms with van der Waals surface area (Å²) in [6.45, 7) is 1.18. The van der Waals surface area contributed by atoms with Crippen LogP contribution in [0.2, 0.25) is 0 Å². The highest BCUT2D eigenvalue weighted by molar-refractivity contribution is 9.10. The van der Waals surface area contributed by atoms with E-state index in [1.165, 1.54) is 0 Å². The molecule has 0 aliphatic heterocycles. The summed E-state index contributed by atoms with van der Waals surface area (Å²) in [5.74, 6) is 0.0756. The Balaban J connectivity index is 2.44. The SMILES string of the molecule is CNc1ncc(Br)cc1C(=O)NCCC(=O)NCCOC. The van der Waals surface area contributed by atoms with Crippen LogP contribution in [0.15, 0.2) is 16.7 Å². The first kappa shape index (κ1) is 17.4. The van der Waals surface area contributed by atoms with Crippen molar-refractivity contribution in [2.45, 2.75) is 6.42 Å². The van der Waals surface area contributed by atoms with Crippen molar-refractivity contribution in [1.29, 1.82) is 0 Å². The first-order valence-electron chi connectivity index (χ1n) is 6.45. The first-order chi connectivity index (χ1) is 10.1. The van der Waals surface area contributed by atoms with Crippen LogP contribution in [-0.2, 0) is 9.53 Å². The Morgan fingerprint density at radius 3 is 2.76 bits per heavy atom. The number of aromatic nitrogens is 1. The largest absolute Gasteiger partial charge is 0.383 e. The van der Waals surface area contributed by atoms with Crippen LogP contribution in [0.25, 0.3) is 0 Å². The van der Waals surface area contributed by atoms with Crippen LogP contribution in [0.4, 0.5) is 5.82 Å². The van der Waals surface area contributed by atoms with Gasteiger partial charge in [-0.25, -0.2) is 4.98 Å². The van der Waals surface area contributed by atoms with Gasteiger partial charge < -0.3 is 20.7 Å². The fourth-order valence-electron chi connectivity index (χ4n) is 1.58. The molecule has 0 radical (unpaired) electrons. The van der Waals surface area contributed by atoms with E-state index in [1.807, 2.05) is 0 Å². The quantitative estimate of drug-likeness (QED) is 0.597. The molecule has 0 bridgehead atoms. The highest BCUT2D eigenvalue weighted by Crippen LogP contribution is 2.17. The third-order valence-electron chi connectivity index (χ3n) is 2.60. The zero-order valence-corrected chi connectivity index (χ0v) is 13.6. The Morgan fingerprint density at radius 1 is 1.33 bits per heavy atom. The molecule has 21 heavy (non-hydrogen) atoms. The Hall–Kier alpha value is -1.67. The predicted molar refractivity (Wildman–Crippen MR) is 83.3 cm³/mol. The van der Waals surface area contributed by atoms with Gasteiger partial charge in [0.05, 0.1) is 12.2 Å². The molecule has 116 valence electrons. The van der Waals surface area contributed by atoms with E-state index in [0.717, 1.165) is 0 Å². The molecule has 0 saturated heterocycles. The number of anilines is 1. The van der Waals surface area contributed by atoms with Crippen molar-refractivity contribution in [3.63, 3.8) is 0 Å². The van der Waals surface area contributed by atoms with Gasteiger partial charge in [0, 0.05) is 44.3 Å². The second-order valence-electron chi connectivity index (χ2n) is 4.15. The van der Waals surface area contributed by atoms with Gasteiger partial charge in [-0.2, -0.15) is 0 Å². The third kappa shape index (κ3) is 6.09. The van der Waals surface area contributed by atoms with Gasteiger partial charge in [-0.1, -0.05) is 0 Å². The van der Waals surface area contributed by atoms with E-state index in [9.17, 15) is 9.59 Å². The van der Waals surface area contributed by atoms with E-state index in [1.54, 1.807) is 26.4 Å². The Morgan fingerprint density at radius 2 is 2.10 bits per heavy atom. The highest BCUT2D eigenvalue weighted by atomic mass is 79.9. The molecule has 7 nitrogen and oxygen atoms in total. The third-order valence-corrected chi connectivity index (χ3v) is 3.04. The molecule has 1 aromatic heterocycles. The van der Waals surface area contributed by atoms with Crippen molar-refractivity contribution in [3.05, 3.63) is 22.3 Å². The lowest BCUT2D eigenvalue weighted by atomic mass is 10.2. The summed E-state index contributed by atoms with van der Waals surface area (Å²) in [6.07, 6.45) is 1.82. The van der Waals surface area contributed by atoms with Crippen LogP contribution in [0.5, 0.6) is 0 Å². The number of hydrogen-bond acceptors (Lipinski definition) is 5. The van der Waals surface area contributed by atoms with Gasteiger partial charge in [0.15, 0.2) is 0 Å². The van der Waals surface area contributed by atoms with Crippen molar-refractivity contribution in [2.75, 3.05) is 39.2 Å². The summed E-state index contributed by atoms with van der Waals surface area (Å²) < 4.78 is 5.54. The predicted octanol–water partition coefficient (Wildman–Crippen LogP) is 0.768. The summed E-state index contributed by atoms with van der Waals surface area (Å²) in [7, 11) is 3.26. The van der Waals surface area contributed by atoms with Crippen molar-refractivity contribution >= 4 is 33.6 Å². The minimum Gasteiger partial charge on any atom is -0.383 e. The van der Waals surface area contributed by atoms with Crippen LogP contribution in [0.3, 0.4) is 0 Å². The van der Waals surface area contributed by atoms with Gasteiger partial charge in [-0.05, 0) is 22.0 Å². The van der Waals surface area contributed by atoms with Crippen molar-refractivity contribution in [3.8, 4) is 0 Å². The lowest BCUT2D eigenvalue weighted by molar-refractivity contribution is -0.121. The number of rotatable bonds is 8. The monoisotopic (exact) mass is 358 g/mol.